The van der Waals surface area contributed by atoms with E-state index in [1.807, 2.05) is 0 Å². The molecule has 0 fully saturated rings. The largest absolute Gasteiger partial charge is 0.0856 e. The lowest BCUT2D eigenvalue weighted by Gasteiger charge is -2.02. The highest BCUT2D eigenvalue weighted by molar-refractivity contribution is 5.00. The molecule has 0 heterocycles. The van der Waals surface area contributed by atoms with Gasteiger partial charge < -0.3 is 0 Å². The van der Waals surface area contributed by atoms with Gasteiger partial charge in [0.2, 0.25) is 0 Å². The molecule has 0 aromatic heterocycles. The van der Waals surface area contributed by atoms with Gasteiger partial charge in [-0.3, -0.25) is 0 Å². The maximum Gasteiger partial charge on any atom is -0.0320 e. The lowest BCUT2D eigenvalue weighted by molar-refractivity contribution is 0.700. The molecule has 0 unspecified atom stereocenters. The molecule has 0 aromatic rings. The van der Waals surface area contributed by atoms with E-state index in [4.69, 9.17) is 0 Å². The van der Waals surface area contributed by atoms with E-state index in [0.717, 1.165) is 0 Å². The fourth-order valence-corrected chi connectivity index (χ4v) is 1.31. The predicted octanol–water partition coefficient (Wildman–Crippen LogP) is 4.31. The van der Waals surface area contributed by atoms with Crippen LogP contribution >= 0.6 is 0 Å². The quantitative estimate of drug-likeness (QED) is 0.395. The minimum absolute atomic E-state index is 1.20. The molecule has 0 nitrogen and oxygen atoms in total. The molecular weight excluding hydrogens is 132 g/mol. The van der Waals surface area contributed by atoms with Crippen molar-refractivity contribution in [1.82, 2.24) is 0 Å². The monoisotopic (exact) mass is 154 g/mol. The van der Waals surface area contributed by atoms with E-state index in [1.54, 1.807) is 5.57 Å². The van der Waals surface area contributed by atoms with Gasteiger partial charge in [0.25, 0.3) is 0 Å². The minimum Gasteiger partial charge on any atom is -0.0856 e. The Bertz CT molecular complexity index is 101. The summed E-state index contributed by atoms with van der Waals surface area (Å²) in [6.07, 6.45) is 10.3. The zero-order valence-electron chi connectivity index (χ0n) is 8.32. The molecule has 0 bridgehead atoms. The van der Waals surface area contributed by atoms with Gasteiger partial charge >= 0.3 is 0 Å². The van der Waals surface area contributed by atoms with E-state index in [2.05, 4.69) is 26.8 Å². The molecule has 0 aliphatic rings. The molecule has 0 saturated carbocycles. The van der Waals surface area contributed by atoms with Crippen LogP contribution in [0.5, 0.6) is 0 Å². The third-order valence-corrected chi connectivity index (χ3v) is 2.05. The van der Waals surface area contributed by atoms with Crippen LogP contribution in [0.2, 0.25) is 0 Å². The first-order valence-corrected chi connectivity index (χ1v) is 5.03. The lowest BCUT2D eigenvalue weighted by atomic mass is 10.0. The molecule has 0 aliphatic carbocycles. The fourth-order valence-electron chi connectivity index (χ4n) is 1.31. The Hall–Kier alpha value is -0.260. The zero-order valence-corrected chi connectivity index (χ0v) is 8.32. The Labute approximate surface area is 71.7 Å². The van der Waals surface area contributed by atoms with E-state index in [1.165, 1.54) is 38.5 Å². The van der Waals surface area contributed by atoms with Crippen LogP contribution in [0, 0.1) is 0 Å². The summed E-state index contributed by atoms with van der Waals surface area (Å²) in [5.74, 6) is 0. The van der Waals surface area contributed by atoms with Gasteiger partial charge in [0, 0.05) is 0 Å². The van der Waals surface area contributed by atoms with Crippen molar-refractivity contribution in [3.8, 4) is 0 Å². The van der Waals surface area contributed by atoms with Crippen LogP contribution in [0.25, 0.3) is 0 Å². The van der Waals surface area contributed by atoms with Gasteiger partial charge in [0.15, 0.2) is 0 Å². The topological polar surface area (TPSA) is 0 Å². The summed E-state index contributed by atoms with van der Waals surface area (Å²) >= 11 is 0. The van der Waals surface area contributed by atoms with Crippen LogP contribution in [0.3, 0.4) is 0 Å². The first-order valence-electron chi connectivity index (χ1n) is 5.03. The highest BCUT2D eigenvalue weighted by atomic mass is 14.0. The van der Waals surface area contributed by atoms with Crippen molar-refractivity contribution in [2.75, 3.05) is 0 Å². The first kappa shape index (κ1) is 10.7. The van der Waals surface area contributed by atoms with Crippen LogP contribution in [0.4, 0.5) is 0 Å². The normalized spacial score (nSPS) is 12.1. The van der Waals surface area contributed by atoms with Gasteiger partial charge in [0.05, 0.1) is 0 Å². The van der Waals surface area contributed by atoms with Crippen molar-refractivity contribution in [2.45, 2.75) is 59.3 Å². The summed E-state index contributed by atoms with van der Waals surface area (Å²) < 4.78 is 0. The molecule has 0 rings (SSSR count). The molecular formula is C11H22. The van der Waals surface area contributed by atoms with Gasteiger partial charge in [-0.1, -0.05) is 45.3 Å². The molecule has 0 N–H and O–H groups in total. The molecule has 0 heteroatoms. The Morgan fingerprint density at radius 1 is 1.09 bits per heavy atom. The van der Waals surface area contributed by atoms with Crippen molar-refractivity contribution in [2.24, 2.45) is 0 Å². The van der Waals surface area contributed by atoms with Crippen LogP contribution in [0.15, 0.2) is 11.6 Å². The SMILES string of the molecule is CCC=C(CC)CCCCC. The predicted molar refractivity (Wildman–Crippen MR) is 52.8 cm³/mol. The summed E-state index contributed by atoms with van der Waals surface area (Å²) in [5.41, 5.74) is 1.65. The fraction of sp³-hybridized carbons (Fsp3) is 0.818. The van der Waals surface area contributed by atoms with Crippen LogP contribution in [-0.2, 0) is 0 Å². The summed E-state index contributed by atoms with van der Waals surface area (Å²) in [4.78, 5) is 0. The highest BCUT2D eigenvalue weighted by Crippen LogP contribution is 2.12. The Kier molecular flexibility index (Phi) is 7.66. The van der Waals surface area contributed by atoms with Crippen LogP contribution in [0.1, 0.15) is 59.3 Å². The smallest absolute Gasteiger partial charge is 0.0320 e. The average Bonchev–Trinajstić information content (AvgIpc) is 2.03. The van der Waals surface area contributed by atoms with Crippen molar-refractivity contribution in [3.05, 3.63) is 11.6 Å². The van der Waals surface area contributed by atoms with Crippen molar-refractivity contribution < 1.29 is 0 Å². The van der Waals surface area contributed by atoms with E-state index in [9.17, 15) is 0 Å². The molecule has 0 aromatic carbocycles. The number of allylic oxidation sites excluding steroid dienone is 2. The molecule has 0 spiro atoms. The van der Waals surface area contributed by atoms with Crippen LogP contribution < -0.4 is 0 Å². The maximum atomic E-state index is 2.38. The van der Waals surface area contributed by atoms with Crippen molar-refractivity contribution in [1.29, 1.82) is 0 Å². The molecule has 0 radical (unpaired) electrons. The number of rotatable bonds is 6. The molecule has 66 valence electrons. The summed E-state index contributed by atoms with van der Waals surface area (Å²) in [6.45, 7) is 6.73. The van der Waals surface area contributed by atoms with Crippen molar-refractivity contribution in [3.63, 3.8) is 0 Å². The number of unbranched alkanes of at least 4 members (excludes halogenated alkanes) is 2. The van der Waals surface area contributed by atoms with Gasteiger partial charge in [0.1, 0.15) is 0 Å². The average molecular weight is 154 g/mol. The lowest BCUT2D eigenvalue weighted by Crippen LogP contribution is -1.82. The number of hydrogen-bond acceptors (Lipinski definition) is 0. The van der Waals surface area contributed by atoms with Gasteiger partial charge in [-0.2, -0.15) is 0 Å². The van der Waals surface area contributed by atoms with Gasteiger partial charge in [-0.15, -0.1) is 0 Å². The Balaban J connectivity index is 3.44. The molecule has 0 aliphatic heterocycles. The van der Waals surface area contributed by atoms with E-state index in [0.29, 0.717) is 0 Å². The second-order valence-corrected chi connectivity index (χ2v) is 3.08. The van der Waals surface area contributed by atoms with Crippen molar-refractivity contribution >= 4 is 0 Å². The summed E-state index contributed by atoms with van der Waals surface area (Å²) in [7, 11) is 0. The van der Waals surface area contributed by atoms with Gasteiger partial charge in [-0.05, 0) is 25.7 Å². The highest BCUT2D eigenvalue weighted by Gasteiger charge is 1.92. The van der Waals surface area contributed by atoms with E-state index in [-0.39, 0.29) is 0 Å². The standard InChI is InChI=1S/C11H22/c1-4-7-8-10-11(6-3)9-5-2/h9H,4-8,10H2,1-3H3. The molecule has 11 heavy (non-hydrogen) atoms. The Morgan fingerprint density at radius 2 is 1.82 bits per heavy atom. The maximum absolute atomic E-state index is 2.38. The Morgan fingerprint density at radius 3 is 2.27 bits per heavy atom. The molecule has 0 atom stereocenters. The van der Waals surface area contributed by atoms with Crippen LogP contribution in [-0.4, -0.2) is 0 Å². The molecule has 0 amide bonds. The zero-order chi connectivity index (χ0) is 8.53. The third kappa shape index (κ3) is 6.15. The summed E-state index contributed by atoms with van der Waals surface area (Å²) in [5, 5.41) is 0. The van der Waals surface area contributed by atoms with Gasteiger partial charge in [-0.25, -0.2) is 0 Å². The second kappa shape index (κ2) is 7.84. The first-order chi connectivity index (χ1) is 5.35. The number of hydrogen-bond donors (Lipinski definition) is 0. The minimum atomic E-state index is 1.20. The molecule has 0 saturated heterocycles. The summed E-state index contributed by atoms with van der Waals surface area (Å²) in [6, 6.07) is 0. The second-order valence-electron chi connectivity index (χ2n) is 3.08. The third-order valence-electron chi connectivity index (χ3n) is 2.05. The van der Waals surface area contributed by atoms with E-state index >= 15 is 0 Å². The van der Waals surface area contributed by atoms with E-state index < -0.39 is 0 Å².